The topological polar surface area (TPSA) is 33.6 Å². The fourth-order valence-electron chi connectivity index (χ4n) is 1.66. The smallest absolute Gasteiger partial charge is 0.195 e. The van der Waals surface area contributed by atoms with Crippen LogP contribution in [-0.4, -0.2) is 14.8 Å². The Kier molecular flexibility index (Phi) is 3.93. The Morgan fingerprint density at radius 2 is 2.33 bits per heavy atom. The van der Waals surface area contributed by atoms with Crippen molar-refractivity contribution in [1.82, 2.24) is 14.8 Å². The number of allylic oxidation sites excluding steroid dienone is 1. The van der Waals surface area contributed by atoms with E-state index in [1.54, 1.807) is 22.8 Å². The second-order valence-electron chi connectivity index (χ2n) is 3.72. The molecular weight excluding hydrogens is 273 g/mol. The lowest BCUT2D eigenvalue weighted by Crippen LogP contribution is -2.05. The summed E-state index contributed by atoms with van der Waals surface area (Å²) in [6.45, 7) is 4.18. The van der Waals surface area contributed by atoms with Crippen molar-refractivity contribution in [1.29, 1.82) is 0 Å². The Morgan fingerprint density at radius 1 is 1.56 bits per heavy atom. The van der Waals surface area contributed by atoms with E-state index in [4.69, 9.17) is 23.8 Å². The number of halogens is 2. The first-order chi connectivity index (χ1) is 8.63. The molecule has 1 aromatic heterocycles. The summed E-state index contributed by atoms with van der Waals surface area (Å²) in [5, 5.41) is 7.15. The van der Waals surface area contributed by atoms with Crippen LogP contribution in [-0.2, 0) is 13.0 Å². The van der Waals surface area contributed by atoms with Crippen molar-refractivity contribution in [2.45, 2.75) is 13.0 Å². The summed E-state index contributed by atoms with van der Waals surface area (Å²) in [5.41, 5.74) is 0.415. The maximum Gasteiger partial charge on any atom is 0.195 e. The van der Waals surface area contributed by atoms with E-state index < -0.39 is 0 Å². The highest BCUT2D eigenvalue weighted by Crippen LogP contribution is 2.21. The standard InChI is InChI=1S/C12H11ClFN3S/c1-2-6-17-11(15-16-12(17)18)7-8-9(13)4-3-5-10(8)14/h2-5H,1,6-7H2,(H,16,18). The molecule has 0 fully saturated rings. The van der Waals surface area contributed by atoms with Gasteiger partial charge in [0, 0.05) is 23.6 Å². The van der Waals surface area contributed by atoms with Crippen molar-refractivity contribution < 1.29 is 4.39 Å². The van der Waals surface area contributed by atoms with Crippen molar-refractivity contribution in [3.63, 3.8) is 0 Å². The van der Waals surface area contributed by atoms with Crippen molar-refractivity contribution in [2.75, 3.05) is 0 Å². The van der Waals surface area contributed by atoms with E-state index in [2.05, 4.69) is 16.8 Å². The largest absolute Gasteiger partial charge is 0.300 e. The summed E-state index contributed by atoms with van der Waals surface area (Å²) in [6, 6.07) is 4.60. The molecule has 94 valence electrons. The number of H-pyrrole nitrogens is 1. The Bertz CT molecular complexity index is 612. The Hall–Kier alpha value is -1.46. The quantitative estimate of drug-likeness (QED) is 0.688. The summed E-state index contributed by atoms with van der Waals surface area (Å²) >= 11 is 11.1. The van der Waals surface area contributed by atoms with Crippen LogP contribution in [0.5, 0.6) is 0 Å². The van der Waals surface area contributed by atoms with E-state index in [0.717, 1.165) is 0 Å². The van der Waals surface area contributed by atoms with Gasteiger partial charge in [0.1, 0.15) is 11.6 Å². The molecule has 1 N–H and O–H groups in total. The molecule has 0 bridgehead atoms. The molecule has 2 rings (SSSR count). The highest BCUT2D eigenvalue weighted by molar-refractivity contribution is 7.71. The highest BCUT2D eigenvalue weighted by Gasteiger charge is 2.12. The molecule has 0 atom stereocenters. The van der Waals surface area contributed by atoms with Crippen molar-refractivity contribution >= 4 is 23.8 Å². The number of benzene rings is 1. The van der Waals surface area contributed by atoms with Gasteiger partial charge in [-0.2, -0.15) is 5.10 Å². The number of hydrogen-bond donors (Lipinski definition) is 1. The third-order valence-electron chi connectivity index (χ3n) is 2.55. The summed E-state index contributed by atoms with van der Waals surface area (Å²) < 4.78 is 15.9. The van der Waals surface area contributed by atoms with E-state index in [9.17, 15) is 4.39 Å². The molecule has 18 heavy (non-hydrogen) atoms. The van der Waals surface area contributed by atoms with Crippen molar-refractivity contribution in [3.8, 4) is 0 Å². The molecule has 6 heteroatoms. The Balaban J connectivity index is 2.40. The van der Waals surface area contributed by atoms with E-state index in [1.807, 2.05) is 0 Å². The van der Waals surface area contributed by atoms with Crippen molar-refractivity contribution in [3.05, 3.63) is 57.9 Å². The first-order valence-electron chi connectivity index (χ1n) is 5.31. The van der Waals surface area contributed by atoms with Crippen LogP contribution in [0.25, 0.3) is 0 Å². The van der Waals surface area contributed by atoms with E-state index in [-0.39, 0.29) is 12.2 Å². The summed E-state index contributed by atoms with van der Waals surface area (Å²) in [5.74, 6) is 0.286. The number of aromatic nitrogens is 3. The molecule has 0 amide bonds. The van der Waals surface area contributed by atoms with Crippen LogP contribution in [0.2, 0.25) is 5.02 Å². The van der Waals surface area contributed by atoms with Gasteiger partial charge in [0.05, 0.1) is 0 Å². The first-order valence-corrected chi connectivity index (χ1v) is 6.10. The predicted octanol–water partition coefficient (Wildman–Crippen LogP) is 3.51. The average molecular weight is 284 g/mol. The number of hydrogen-bond acceptors (Lipinski definition) is 2. The second-order valence-corrected chi connectivity index (χ2v) is 4.52. The molecule has 0 saturated heterocycles. The van der Waals surface area contributed by atoms with Crippen LogP contribution in [0.3, 0.4) is 0 Å². The maximum atomic E-state index is 13.7. The molecule has 0 saturated carbocycles. The lowest BCUT2D eigenvalue weighted by Gasteiger charge is -2.06. The van der Waals surface area contributed by atoms with E-state index in [1.165, 1.54) is 6.07 Å². The lowest BCUT2D eigenvalue weighted by atomic mass is 10.1. The molecule has 3 nitrogen and oxygen atoms in total. The third-order valence-corrected chi connectivity index (χ3v) is 3.21. The van der Waals surface area contributed by atoms with Gasteiger partial charge in [-0.25, -0.2) is 4.39 Å². The van der Waals surface area contributed by atoms with Crippen LogP contribution < -0.4 is 0 Å². The SMILES string of the molecule is C=CCn1c(Cc2c(F)cccc2Cl)n[nH]c1=S. The van der Waals surface area contributed by atoms with E-state index >= 15 is 0 Å². The third kappa shape index (κ3) is 2.52. The van der Waals surface area contributed by atoms with E-state index in [0.29, 0.717) is 27.7 Å². The van der Waals surface area contributed by atoms with Gasteiger partial charge in [0.25, 0.3) is 0 Å². The number of nitrogens with one attached hydrogen (secondary N) is 1. The molecule has 0 aliphatic heterocycles. The zero-order chi connectivity index (χ0) is 13.1. The van der Waals surface area contributed by atoms with Gasteiger partial charge in [-0.05, 0) is 24.4 Å². The summed E-state index contributed by atoms with van der Waals surface area (Å²) in [4.78, 5) is 0. The van der Waals surface area contributed by atoms with Gasteiger partial charge < -0.3 is 0 Å². The molecule has 2 aromatic rings. The minimum Gasteiger partial charge on any atom is -0.300 e. The van der Waals surface area contributed by atoms with Gasteiger partial charge in [-0.1, -0.05) is 23.7 Å². The van der Waals surface area contributed by atoms with Gasteiger partial charge in [-0.3, -0.25) is 9.67 Å². The van der Waals surface area contributed by atoms with Crippen LogP contribution in [0.15, 0.2) is 30.9 Å². The predicted molar refractivity (Wildman–Crippen MR) is 71.8 cm³/mol. The van der Waals surface area contributed by atoms with Crippen LogP contribution in [0, 0.1) is 10.6 Å². The van der Waals surface area contributed by atoms with Gasteiger partial charge >= 0.3 is 0 Å². The Morgan fingerprint density at radius 3 is 3.00 bits per heavy atom. The second kappa shape index (κ2) is 5.46. The molecule has 0 unspecified atom stereocenters. The molecule has 1 aromatic carbocycles. The minimum atomic E-state index is -0.346. The van der Waals surface area contributed by atoms with Crippen LogP contribution >= 0.6 is 23.8 Å². The molecular formula is C12H11ClFN3S. The molecule has 0 radical (unpaired) electrons. The normalized spacial score (nSPS) is 10.6. The molecule has 0 aliphatic carbocycles. The average Bonchev–Trinajstić information content (AvgIpc) is 2.67. The lowest BCUT2D eigenvalue weighted by molar-refractivity contribution is 0.609. The van der Waals surface area contributed by atoms with Crippen molar-refractivity contribution in [2.24, 2.45) is 0 Å². The molecule has 1 heterocycles. The van der Waals surface area contributed by atoms with Gasteiger partial charge in [0.15, 0.2) is 4.77 Å². The summed E-state index contributed by atoms with van der Waals surface area (Å²) in [7, 11) is 0. The summed E-state index contributed by atoms with van der Waals surface area (Å²) in [6.07, 6.45) is 1.99. The number of rotatable bonds is 4. The Labute approximate surface area is 114 Å². The number of aromatic amines is 1. The first kappa shape index (κ1) is 13.0. The van der Waals surface area contributed by atoms with Crippen LogP contribution in [0.4, 0.5) is 4.39 Å². The van der Waals surface area contributed by atoms with Gasteiger partial charge in [0.2, 0.25) is 0 Å². The zero-order valence-corrected chi connectivity index (χ0v) is 11.1. The van der Waals surface area contributed by atoms with Crippen LogP contribution in [0.1, 0.15) is 11.4 Å². The fourth-order valence-corrected chi connectivity index (χ4v) is 2.12. The zero-order valence-electron chi connectivity index (χ0n) is 9.49. The van der Waals surface area contributed by atoms with Gasteiger partial charge in [-0.15, -0.1) is 6.58 Å². The fraction of sp³-hybridized carbons (Fsp3) is 0.167. The minimum absolute atomic E-state index is 0.284. The molecule has 0 aliphatic rings. The number of nitrogens with zero attached hydrogens (tertiary/aromatic N) is 2. The molecule has 0 spiro atoms. The maximum absolute atomic E-state index is 13.7. The monoisotopic (exact) mass is 283 g/mol. The highest BCUT2D eigenvalue weighted by atomic mass is 35.5.